The van der Waals surface area contributed by atoms with E-state index >= 15 is 0 Å². The van der Waals surface area contributed by atoms with Crippen LogP contribution in [0.15, 0.2) is 76.9 Å². The molecule has 1 heterocycles. The van der Waals surface area contributed by atoms with E-state index in [-0.39, 0.29) is 0 Å². The van der Waals surface area contributed by atoms with Gasteiger partial charge in [-0.15, -0.1) is 0 Å². The molecule has 0 bridgehead atoms. The van der Waals surface area contributed by atoms with E-state index in [4.69, 9.17) is 0 Å². The average molecular weight is 426 g/mol. The van der Waals surface area contributed by atoms with Gasteiger partial charge >= 0.3 is 0 Å². The molecule has 0 saturated carbocycles. The number of nitrogens with zero attached hydrogens (tertiary/aromatic N) is 3. The Morgan fingerprint density at radius 3 is 2.53 bits per heavy atom. The molecule has 0 aliphatic carbocycles. The zero-order valence-corrected chi connectivity index (χ0v) is 18.1. The quantitative estimate of drug-likeness (QED) is 0.428. The Kier molecular flexibility index (Phi) is 7.24. The summed E-state index contributed by atoms with van der Waals surface area (Å²) < 4.78 is 24.9. The third-order valence-corrected chi connectivity index (χ3v) is 5.63. The van der Waals surface area contributed by atoms with Crippen LogP contribution in [-0.4, -0.2) is 43.5 Å². The first-order valence-electron chi connectivity index (χ1n) is 9.86. The monoisotopic (exact) mass is 425 g/mol. The lowest BCUT2D eigenvalue weighted by Crippen LogP contribution is -2.38. The summed E-state index contributed by atoms with van der Waals surface area (Å²) in [5, 5.41) is 10.8. The standard InChI is InChI=1S/C22H27N5O2S/c1-3-23-22(24-14-12-18-8-10-21(11-9-18)30(2,28)29)25-17-19-6-4-7-20(16-19)27-15-5-13-26-27/h4-11,13,15-16H,3,12,14,17H2,1-2H3,(H2,23,24,25). The molecule has 1 aromatic heterocycles. The van der Waals surface area contributed by atoms with Crippen LogP contribution in [0.1, 0.15) is 18.1 Å². The van der Waals surface area contributed by atoms with E-state index in [0.717, 1.165) is 35.7 Å². The van der Waals surface area contributed by atoms with Crippen LogP contribution in [0.2, 0.25) is 0 Å². The number of aliphatic imine (C=N–C) groups is 1. The SMILES string of the molecule is CCNC(=NCc1cccc(-n2cccn2)c1)NCCc1ccc(S(C)(=O)=O)cc1. The molecule has 0 unspecified atom stereocenters. The molecule has 0 radical (unpaired) electrons. The van der Waals surface area contributed by atoms with Gasteiger partial charge in [-0.3, -0.25) is 0 Å². The third kappa shape index (κ3) is 6.18. The van der Waals surface area contributed by atoms with E-state index in [0.29, 0.717) is 18.0 Å². The number of aromatic nitrogens is 2. The van der Waals surface area contributed by atoms with Gasteiger partial charge in [0.25, 0.3) is 0 Å². The minimum absolute atomic E-state index is 0.339. The van der Waals surface area contributed by atoms with Crippen molar-refractivity contribution < 1.29 is 8.42 Å². The highest BCUT2D eigenvalue weighted by molar-refractivity contribution is 7.90. The topological polar surface area (TPSA) is 88.4 Å². The first kappa shape index (κ1) is 21.6. The van der Waals surface area contributed by atoms with Crippen molar-refractivity contribution in [3.8, 4) is 5.69 Å². The van der Waals surface area contributed by atoms with Crippen LogP contribution in [0.3, 0.4) is 0 Å². The average Bonchev–Trinajstić information content (AvgIpc) is 3.27. The summed E-state index contributed by atoms with van der Waals surface area (Å²) in [6.07, 6.45) is 5.65. The van der Waals surface area contributed by atoms with Gasteiger partial charge in [-0.25, -0.2) is 18.1 Å². The normalized spacial score (nSPS) is 12.0. The molecule has 0 atom stereocenters. The summed E-state index contributed by atoms with van der Waals surface area (Å²) in [5.74, 6) is 0.745. The molecule has 0 aliphatic rings. The van der Waals surface area contributed by atoms with Crippen LogP contribution >= 0.6 is 0 Å². The van der Waals surface area contributed by atoms with Crippen LogP contribution in [0.25, 0.3) is 5.69 Å². The summed E-state index contributed by atoms with van der Waals surface area (Å²) in [6.45, 7) is 4.03. The van der Waals surface area contributed by atoms with Crippen molar-refractivity contribution in [2.75, 3.05) is 19.3 Å². The molecular formula is C22H27N5O2S. The second-order valence-corrected chi connectivity index (χ2v) is 8.92. The molecule has 30 heavy (non-hydrogen) atoms. The molecule has 0 spiro atoms. The lowest BCUT2D eigenvalue weighted by atomic mass is 10.1. The van der Waals surface area contributed by atoms with Gasteiger partial charge < -0.3 is 10.6 Å². The van der Waals surface area contributed by atoms with Crippen LogP contribution in [0.4, 0.5) is 0 Å². The summed E-state index contributed by atoms with van der Waals surface area (Å²) in [5.41, 5.74) is 3.16. The molecule has 3 rings (SSSR count). The van der Waals surface area contributed by atoms with Gasteiger partial charge in [0.1, 0.15) is 0 Å². The summed E-state index contributed by atoms with van der Waals surface area (Å²) >= 11 is 0. The summed E-state index contributed by atoms with van der Waals surface area (Å²) in [7, 11) is -3.16. The molecule has 2 aromatic carbocycles. The van der Waals surface area contributed by atoms with E-state index in [1.807, 2.05) is 54.2 Å². The number of hydrogen-bond acceptors (Lipinski definition) is 4. The first-order valence-corrected chi connectivity index (χ1v) is 11.7. The maximum absolute atomic E-state index is 11.6. The Balaban J connectivity index is 1.58. The lowest BCUT2D eigenvalue weighted by Gasteiger charge is -2.12. The van der Waals surface area contributed by atoms with Crippen molar-refractivity contribution in [3.63, 3.8) is 0 Å². The van der Waals surface area contributed by atoms with E-state index in [1.165, 1.54) is 6.26 Å². The molecule has 0 amide bonds. The molecule has 158 valence electrons. The second-order valence-electron chi connectivity index (χ2n) is 6.91. The highest BCUT2D eigenvalue weighted by atomic mass is 32.2. The van der Waals surface area contributed by atoms with Crippen molar-refractivity contribution in [1.29, 1.82) is 0 Å². The summed E-state index contributed by atoms with van der Waals surface area (Å²) in [4.78, 5) is 5.01. The van der Waals surface area contributed by atoms with Crippen molar-refractivity contribution >= 4 is 15.8 Å². The smallest absolute Gasteiger partial charge is 0.191 e. The maximum atomic E-state index is 11.6. The van der Waals surface area contributed by atoms with E-state index < -0.39 is 9.84 Å². The number of guanidine groups is 1. The Bertz CT molecular complexity index is 1070. The largest absolute Gasteiger partial charge is 0.357 e. The zero-order chi connectivity index (χ0) is 21.4. The molecule has 0 fully saturated rings. The third-order valence-electron chi connectivity index (χ3n) is 4.50. The fourth-order valence-electron chi connectivity index (χ4n) is 2.96. The maximum Gasteiger partial charge on any atom is 0.191 e. The molecule has 2 N–H and O–H groups in total. The van der Waals surface area contributed by atoms with Crippen LogP contribution in [0.5, 0.6) is 0 Å². The Hall–Kier alpha value is -3.13. The predicted octanol–water partition coefficient (Wildman–Crippen LogP) is 2.57. The summed E-state index contributed by atoms with van der Waals surface area (Å²) in [6, 6.07) is 17.0. The van der Waals surface area contributed by atoms with E-state index in [9.17, 15) is 8.42 Å². The Labute approximate surface area is 177 Å². The number of hydrogen-bond donors (Lipinski definition) is 2. The minimum Gasteiger partial charge on any atom is -0.357 e. The first-order chi connectivity index (χ1) is 14.5. The number of benzene rings is 2. The van der Waals surface area contributed by atoms with Crippen molar-refractivity contribution in [2.45, 2.75) is 24.8 Å². The fourth-order valence-corrected chi connectivity index (χ4v) is 3.59. The highest BCUT2D eigenvalue weighted by Crippen LogP contribution is 2.11. The van der Waals surface area contributed by atoms with Crippen molar-refractivity contribution in [2.24, 2.45) is 4.99 Å². The van der Waals surface area contributed by atoms with Crippen molar-refractivity contribution in [3.05, 3.63) is 78.1 Å². The van der Waals surface area contributed by atoms with Gasteiger partial charge in [0.05, 0.1) is 17.1 Å². The Morgan fingerprint density at radius 1 is 1.07 bits per heavy atom. The lowest BCUT2D eigenvalue weighted by molar-refractivity contribution is 0.602. The van der Waals surface area contributed by atoms with Gasteiger partial charge in [-0.2, -0.15) is 5.10 Å². The van der Waals surface area contributed by atoms with E-state index in [2.05, 4.69) is 26.8 Å². The van der Waals surface area contributed by atoms with Gasteiger partial charge in [0, 0.05) is 31.7 Å². The predicted molar refractivity (Wildman–Crippen MR) is 120 cm³/mol. The number of sulfone groups is 1. The van der Waals surface area contributed by atoms with Gasteiger partial charge in [-0.05, 0) is 54.8 Å². The van der Waals surface area contributed by atoms with Gasteiger partial charge in [0.2, 0.25) is 0 Å². The minimum atomic E-state index is -3.16. The van der Waals surface area contributed by atoms with Gasteiger partial charge in [0.15, 0.2) is 15.8 Å². The zero-order valence-electron chi connectivity index (χ0n) is 17.2. The highest BCUT2D eigenvalue weighted by Gasteiger charge is 2.06. The number of nitrogens with one attached hydrogen (secondary N) is 2. The van der Waals surface area contributed by atoms with Crippen LogP contribution in [-0.2, 0) is 22.8 Å². The molecular weight excluding hydrogens is 398 g/mol. The molecule has 0 saturated heterocycles. The van der Waals surface area contributed by atoms with E-state index in [1.54, 1.807) is 18.3 Å². The molecule has 3 aromatic rings. The Morgan fingerprint density at radius 2 is 1.87 bits per heavy atom. The van der Waals surface area contributed by atoms with Gasteiger partial charge in [-0.1, -0.05) is 24.3 Å². The van der Waals surface area contributed by atoms with Crippen molar-refractivity contribution in [1.82, 2.24) is 20.4 Å². The van der Waals surface area contributed by atoms with Crippen LogP contribution < -0.4 is 10.6 Å². The second kappa shape index (κ2) is 10.1. The fraction of sp³-hybridized carbons (Fsp3) is 0.273. The molecule has 0 aliphatic heterocycles. The molecule has 7 nitrogen and oxygen atoms in total. The number of rotatable bonds is 8. The van der Waals surface area contributed by atoms with Crippen LogP contribution in [0, 0.1) is 0 Å². The molecule has 8 heteroatoms.